The SMILES string of the molecule is CCN(CC)C1CCN(c2ccc(N=CC3C(=O)Nc4cccc(C)c43)cc2)C1. The first-order valence-corrected chi connectivity index (χ1v) is 10.6. The smallest absolute Gasteiger partial charge is 0.237 e. The molecule has 29 heavy (non-hydrogen) atoms. The molecule has 1 saturated heterocycles. The van der Waals surface area contributed by atoms with Crippen molar-refractivity contribution in [3.05, 3.63) is 53.6 Å². The Labute approximate surface area is 173 Å². The van der Waals surface area contributed by atoms with E-state index in [1.807, 2.05) is 37.3 Å². The molecule has 2 aliphatic rings. The van der Waals surface area contributed by atoms with Gasteiger partial charge in [0.2, 0.25) is 5.91 Å². The van der Waals surface area contributed by atoms with Crippen LogP contribution < -0.4 is 10.2 Å². The van der Waals surface area contributed by atoms with Crippen LogP contribution in [0.15, 0.2) is 47.5 Å². The molecule has 2 heterocycles. The average Bonchev–Trinajstić information content (AvgIpc) is 3.33. The number of carbonyl (C=O) groups excluding carboxylic acids is 1. The summed E-state index contributed by atoms with van der Waals surface area (Å²) >= 11 is 0. The van der Waals surface area contributed by atoms with Gasteiger partial charge in [-0.25, -0.2) is 0 Å². The number of carbonyl (C=O) groups is 1. The van der Waals surface area contributed by atoms with Crippen LogP contribution in [0.5, 0.6) is 0 Å². The molecule has 5 heteroatoms. The number of anilines is 2. The minimum atomic E-state index is -0.320. The van der Waals surface area contributed by atoms with Gasteiger partial charge in [-0.2, -0.15) is 0 Å². The zero-order valence-corrected chi connectivity index (χ0v) is 17.6. The topological polar surface area (TPSA) is 47.9 Å². The Balaban J connectivity index is 1.44. The molecule has 0 spiro atoms. The number of hydrogen-bond donors (Lipinski definition) is 1. The van der Waals surface area contributed by atoms with Crippen molar-refractivity contribution in [1.29, 1.82) is 0 Å². The maximum atomic E-state index is 12.4. The molecule has 2 aliphatic heterocycles. The first-order chi connectivity index (χ1) is 14.1. The van der Waals surface area contributed by atoms with E-state index < -0.39 is 0 Å². The molecule has 2 unspecified atom stereocenters. The number of nitrogens with one attached hydrogen (secondary N) is 1. The number of hydrogen-bond acceptors (Lipinski definition) is 4. The Morgan fingerprint density at radius 2 is 1.93 bits per heavy atom. The van der Waals surface area contributed by atoms with Gasteiger partial charge in [0.05, 0.1) is 5.69 Å². The van der Waals surface area contributed by atoms with Crippen LogP contribution in [-0.2, 0) is 4.79 Å². The van der Waals surface area contributed by atoms with E-state index in [4.69, 9.17) is 0 Å². The second-order valence-corrected chi connectivity index (χ2v) is 7.91. The number of aryl methyl sites for hydroxylation is 1. The van der Waals surface area contributed by atoms with Crippen molar-refractivity contribution in [3.8, 4) is 0 Å². The van der Waals surface area contributed by atoms with Gasteiger partial charge in [0.1, 0.15) is 5.92 Å². The molecule has 1 N–H and O–H groups in total. The van der Waals surface area contributed by atoms with Gasteiger partial charge in [-0.05, 0) is 67.9 Å². The number of fused-ring (bicyclic) bond motifs is 1. The van der Waals surface area contributed by atoms with E-state index in [0.717, 1.165) is 48.7 Å². The lowest BCUT2D eigenvalue weighted by atomic mass is 9.97. The Morgan fingerprint density at radius 3 is 2.66 bits per heavy atom. The van der Waals surface area contributed by atoms with Crippen LogP contribution in [0.4, 0.5) is 17.1 Å². The first kappa shape index (κ1) is 19.6. The summed E-state index contributed by atoms with van der Waals surface area (Å²) in [6.07, 6.45) is 2.99. The minimum Gasteiger partial charge on any atom is -0.370 e. The van der Waals surface area contributed by atoms with Gasteiger partial charge in [-0.3, -0.25) is 14.7 Å². The molecule has 0 aromatic heterocycles. The van der Waals surface area contributed by atoms with Crippen LogP contribution in [0, 0.1) is 6.92 Å². The number of rotatable bonds is 6. The first-order valence-electron chi connectivity index (χ1n) is 10.6. The summed E-state index contributed by atoms with van der Waals surface area (Å²) in [7, 11) is 0. The molecule has 0 bridgehead atoms. The highest BCUT2D eigenvalue weighted by atomic mass is 16.2. The molecule has 152 valence electrons. The van der Waals surface area contributed by atoms with Crippen molar-refractivity contribution in [2.24, 2.45) is 4.99 Å². The van der Waals surface area contributed by atoms with Gasteiger partial charge in [-0.1, -0.05) is 26.0 Å². The molecule has 1 fully saturated rings. The van der Waals surface area contributed by atoms with Crippen LogP contribution in [0.1, 0.15) is 37.3 Å². The van der Waals surface area contributed by atoms with Crippen LogP contribution in [0.2, 0.25) is 0 Å². The number of benzene rings is 2. The van der Waals surface area contributed by atoms with E-state index in [9.17, 15) is 4.79 Å². The van der Waals surface area contributed by atoms with E-state index in [0.29, 0.717) is 6.04 Å². The predicted molar refractivity (Wildman–Crippen MR) is 121 cm³/mol. The molecule has 0 aliphatic carbocycles. The molecular weight excluding hydrogens is 360 g/mol. The summed E-state index contributed by atoms with van der Waals surface area (Å²) in [5, 5.41) is 2.95. The van der Waals surface area contributed by atoms with Crippen LogP contribution in [0.3, 0.4) is 0 Å². The Morgan fingerprint density at radius 1 is 1.17 bits per heavy atom. The van der Waals surface area contributed by atoms with E-state index >= 15 is 0 Å². The molecule has 2 aromatic rings. The number of amides is 1. The maximum Gasteiger partial charge on any atom is 0.237 e. The monoisotopic (exact) mass is 390 g/mol. The molecule has 1 amide bonds. The third-order valence-electron chi connectivity index (χ3n) is 6.26. The summed E-state index contributed by atoms with van der Waals surface area (Å²) in [6.45, 7) is 10.9. The lowest BCUT2D eigenvalue weighted by molar-refractivity contribution is -0.115. The molecule has 0 radical (unpaired) electrons. The quantitative estimate of drug-likeness (QED) is 0.746. The van der Waals surface area contributed by atoms with E-state index in [-0.39, 0.29) is 11.8 Å². The van der Waals surface area contributed by atoms with Crippen molar-refractivity contribution >= 4 is 29.2 Å². The van der Waals surface area contributed by atoms with Gasteiger partial charge < -0.3 is 10.2 Å². The second-order valence-electron chi connectivity index (χ2n) is 7.91. The fourth-order valence-electron chi connectivity index (χ4n) is 4.61. The highest BCUT2D eigenvalue weighted by Gasteiger charge is 2.30. The normalized spacial score (nSPS) is 21.2. The summed E-state index contributed by atoms with van der Waals surface area (Å²) in [6, 6.07) is 15.0. The fourth-order valence-corrected chi connectivity index (χ4v) is 4.61. The largest absolute Gasteiger partial charge is 0.370 e. The lowest BCUT2D eigenvalue weighted by Crippen LogP contribution is -2.37. The van der Waals surface area contributed by atoms with E-state index in [1.54, 1.807) is 6.21 Å². The van der Waals surface area contributed by atoms with Crippen LogP contribution in [0.25, 0.3) is 0 Å². The van der Waals surface area contributed by atoms with Gasteiger partial charge in [-0.15, -0.1) is 0 Å². The standard InChI is InChI=1S/C24H30N4O/c1-4-27(5-2)20-13-14-28(16-20)19-11-9-18(10-12-19)25-15-21-23-17(3)7-6-8-22(23)26-24(21)29/h6-12,15,20-21H,4-5,13-14,16H2,1-3H3,(H,26,29). The van der Waals surface area contributed by atoms with Crippen molar-refractivity contribution in [3.63, 3.8) is 0 Å². The Hall–Kier alpha value is -2.66. The zero-order valence-electron chi connectivity index (χ0n) is 17.6. The molecule has 5 nitrogen and oxygen atoms in total. The van der Waals surface area contributed by atoms with Crippen molar-refractivity contribution in [2.45, 2.75) is 39.2 Å². The highest BCUT2D eigenvalue weighted by Crippen LogP contribution is 2.34. The van der Waals surface area contributed by atoms with Crippen LogP contribution >= 0.6 is 0 Å². The maximum absolute atomic E-state index is 12.4. The summed E-state index contributed by atoms with van der Waals surface area (Å²) in [4.78, 5) is 22.0. The summed E-state index contributed by atoms with van der Waals surface area (Å²) in [5.74, 6) is -0.325. The minimum absolute atomic E-state index is 0.00539. The number of aliphatic imine (C=N–C) groups is 1. The van der Waals surface area contributed by atoms with Gasteiger partial charge >= 0.3 is 0 Å². The van der Waals surface area contributed by atoms with Crippen molar-refractivity contribution in [2.75, 3.05) is 36.4 Å². The zero-order chi connectivity index (χ0) is 20.4. The van der Waals surface area contributed by atoms with Gasteiger partial charge in [0.15, 0.2) is 0 Å². The molecular formula is C24H30N4O. The molecule has 2 aromatic carbocycles. The second kappa shape index (κ2) is 8.37. The molecule has 4 rings (SSSR count). The van der Waals surface area contributed by atoms with E-state index in [2.05, 4.69) is 46.1 Å². The Bertz CT molecular complexity index is 902. The third kappa shape index (κ3) is 3.92. The van der Waals surface area contributed by atoms with Crippen molar-refractivity contribution < 1.29 is 4.79 Å². The van der Waals surface area contributed by atoms with E-state index in [1.165, 1.54) is 12.1 Å². The highest BCUT2D eigenvalue weighted by molar-refractivity contribution is 6.13. The Kier molecular flexibility index (Phi) is 5.67. The molecule has 2 atom stereocenters. The van der Waals surface area contributed by atoms with Crippen LogP contribution in [-0.4, -0.2) is 49.2 Å². The molecule has 0 saturated carbocycles. The van der Waals surface area contributed by atoms with Crippen molar-refractivity contribution in [1.82, 2.24) is 4.90 Å². The average molecular weight is 391 g/mol. The number of likely N-dealkylation sites (N-methyl/N-ethyl adjacent to an activating group) is 1. The fraction of sp³-hybridized carbons (Fsp3) is 0.417. The third-order valence-corrected chi connectivity index (χ3v) is 6.26. The summed E-state index contributed by atoms with van der Waals surface area (Å²) < 4.78 is 0. The number of nitrogens with zero attached hydrogens (tertiary/aromatic N) is 3. The summed E-state index contributed by atoms with van der Waals surface area (Å²) in [5.41, 5.74) is 5.18. The predicted octanol–water partition coefficient (Wildman–Crippen LogP) is 4.35. The lowest BCUT2D eigenvalue weighted by Gasteiger charge is -2.26. The van der Waals surface area contributed by atoms with Gasteiger partial charge in [0, 0.05) is 36.7 Å². The van der Waals surface area contributed by atoms with Gasteiger partial charge in [0.25, 0.3) is 0 Å².